The molecule has 0 aromatic heterocycles. The van der Waals surface area contributed by atoms with Crippen LogP contribution >= 0.6 is 0 Å². The van der Waals surface area contributed by atoms with Gasteiger partial charge in [0, 0.05) is 5.56 Å². The molecular formula is C9H12F2. The second-order valence-electron chi connectivity index (χ2n) is 1.85. The molecule has 0 unspecified atom stereocenters. The molecule has 11 heavy (non-hydrogen) atoms. The Hall–Kier alpha value is -0.920. The van der Waals surface area contributed by atoms with Gasteiger partial charge in [0.25, 0.3) is 0 Å². The third kappa shape index (κ3) is 2.66. The molecule has 0 spiro atoms. The summed E-state index contributed by atoms with van der Waals surface area (Å²) in [7, 11) is 0. The van der Waals surface area contributed by atoms with Gasteiger partial charge in [-0.1, -0.05) is 19.9 Å². The lowest BCUT2D eigenvalue weighted by Gasteiger charge is -1.94. The normalized spacial score (nSPS) is 8.45. The molecule has 0 saturated carbocycles. The zero-order chi connectivity index (χ0) is 8.85. The molecule has 0 aliphatic carbocycles. The van der Waals surface area contributed by atoms with Gasteiger partial charge >= 0.3 is 0 Å². The standard InChI is InChI=1S/C7H6F2.C2H6/c1-5-6(8)3-2-4-7(5)9;1-2/h2-4H,1H3;1-2H3. The average Bonchev–Trinajstić information content (AvgIpc) is 2.04. The first-order valence-corrected chi connectivity index (χ1v) is 3.62. The Kier molecular flexibility index (Phi) is 4.42. The molecule has 0 nitrogen and oxygen atoms in total. The first-order valence-electron chi connectivity index (χ1n) is 3.62. The largest absolute Gasteiger partial charge is 0.207 e. The van der Waals surface area contributed by atoms with Gasteiger partial charge in [0.05, 0.1) is 0 Å². The highest BCUT2D eigenvalue weighted by molar-refractivity contribution is 5.17. The molecular weight excluding hydrogens is 146 g/mol. The van der Waals surface area contributed by atoms with E-state index in [9.17, 15) is 8.78 Å². The second-order valence-corrected chi connectivity index (χ2v) is 1.85. The smallest absolute Gasteiger partial charge is 0.129 e. The van der Waals surface area contributed by atoms with E-state index in [1.54, 1.807) is 0 Å². The van der Waals surface area contributed by atoms with E-state index in [-0.39, 0.29) is 5.56 Å². The molecule has 0 N–H and O–H groups in total. The summed E-state index contributed by atoms with van der Waals surface area (Å²) < 4.78 is 24.7. The maximum Gasteiger partial charge on any atom is 0.129 e. The predicted octanol–water partition coefficient (Wildman–Crippen LogP) is 3.30. The second kappa shape index (κ2) is 4.83. The van der Waals surface area contributed by atoms with Crippen LogP contribution in [0, 0.1) is 18.6 Å². The third-order valence-electron chi connectivity index (χ3n) is 1.20. The number of rotatable bonds is 0. The minimum Gasteiger partial charge on any atom is -0.207 e. The zero-order valence-electron chi connectivity index (χ0n) is 6.99. The van der Waals surface area contributed by atoms with Gasteiger partial charge in [-0.15, -0.1) is 0 Å². The van der Waals surface area contributed by atoms with Crippen LogP contribution in [0.5, 0.6) is 0 Å². The van der Waals surface area contributed by atoms with E-state index in [0.717, 1.165) is 0 Å². The van der Waals surface area contributed by atoms with Crippen LogP contribution in [0.15, 0.2) is 18.2 Å². The van der Waals surface area contributed by atoms with Crippen LogP contribution in [0.1, 0.15) is 19.4 Å². The quantitative estimate of drug-likeness (QED) is 0.543. The maximum absolute atomic E-state index is 12.3. The van der Waals surface area contributed by atoms with Crippen molar-refractivity contribution >= 4 is 0 Å². The summed E-state index contributed by atoms with van der Waals surface area (Å²) in [6, 6.07) is 3.81. The van der Waals surface area contributed by atoms with Crippen molar-refractivity contribution in [1.82, 2.24) is 0 Å². The van der Waals surface area contributed by atoms with Gasteiger partial charge in [-0.05, 0) is 19.1 Å². The van der Waals surface area contributed by atoms with Gasteiger partial charge in [-0.2, -0.15) is 0 Å². The molecule has 2 heteroatoms. The molecule has 0 saturated heterocycles. The molecule has 0 bridgehead atoms. The van der Waals surface area contributed by atoms with Gasteiger partial charge in [0.1, 0.15) is 11.6 Å². The van der Waals surface area contributed by atoms with Gasteiger partial charge < -0.3 is 0 Å². The Morgan fingerprint density at radius 3 is 1.64 bits per heavy atom. The Labute approximate surface area is 65.9 Å². The zero-order valence-corrected chi connectivity index (χ0v) is 6.99. The monoisotopic (exact) mass is 158 g/mol. The van der Waals surface area contributed by atoms with E-state index in [0.29, 0.717) is 0 Å². The molecule has 62 valence electrons. The minimum atomic E-state index is -0.491. The summed E-state index contributed by atoms with van der Waals surface area (Å²) in [5.74, 6) is -0.981. The van der Waals surface area contributed by atoms with E-state index in [4.69, 9.17) is 0 Å². The van der Waals surface area contributed by atoms with Crippen LogP contribution in [0.25, 0.3) is 0 Å². The Balaban J connectivity index is 0.000000461. The van der Waals surface area contributed by atoms with Crippen LogP contribution in [-0.2, 0) is 0 Å². The number of hydrogen-bond donors (Lipinski definition) is 0. The van der Waals surface area contributed by atoms with Gasteiger partial charge in [0.15, 0.2) is 0 Å². The maximum atomic E-state index is 12.3. The first-order chi connectivity index (χ1) is 5.22. The van der Waals surface area contributed by atoms with Crippen molar-refractivity contribution in [2.45, 2.75) is 20.8 Å². The average molecular weight is 158 g/mol. The van der Waals surface area contributed by atoms with Gasteiger partial charge in [-0.25, -0.2) is 8.78 Å². The topological polar surface area (TPSA) is 0 Å². The molecule has 1 aromatic rings. The summed E-state index contributed by atoms with van der Waals surface area (Å²) in [4.78, 5) is 0. The van der Waals surface area contributed by atoms with Crippen molar-refractivity contribution in [2.75, 3.05) is 0 Å². The van der Waals surface area contributed by atoms with Crippen molar-refractivity contribution in [3.05, 3.63) is 35.4 Å². The van der Waals surface area contributed by atoms with Crippen LogP contribution < -0.4 is 0 Å². The number of hydrogen-bond acceptors (Lipinski definition) is 0. The first kappa shape index (κ1) is 10.1. The van der Waals surface area contributed by atoms with Crippen LogP contribution in [0.4, 0.5) is 8.78 Å². The fourth-order valence-electron chi connectivity index (χ4n) is 0.581. The van der Waals surface area contributed by atoms with E-state index in [1.807, 2.05) is 13.8 Å². The molecule has 0 aliphatic heterocycles. The van der Waals surface area contributed by atoms with Crippen molar-refractivity contribution in [2.24, 2.45) is 0 Å². The molecule has 0 aliphatic rings. The van der Waals surface area contributed by atoms with Crippen LogP contribution in [0.3, 0.4) is 0 Å². The van der Waals surface area contributed by atoms with Crippen molar-refractivity contribution in [1.29, 1.82) is 0 Å². The van der Waals surface area contributed by atoms with Crippen molar-refractivity contribution in [3.8, 4) is 0 Å². The molecule has 0 atom stereocenters. The van der Waals surface area contributed by atoms with E-state index in [2.05, 4.69) is 0 Å². The Morgan fingerprint density at radius 1 is 1.00 bits per heavy atom. The highest BCUT2D eigenvalue weighted by Crippen LogP contribution is 2.08. The molecule has 1 aromatic carbocycles. The predicted molar refractivity (Wildman–Crippen MR) is 42.4 cm³/mol. The number of benzene rings is 1. The molecule has 0 fully saturated rings. The highest BCUT2D eigenvalue weighted by atomic mass is 19.1. The number of halogens is 2. The van der Waals surface area contributed by atoms with Crippen molar-refractivity contribution in [3.63, 3.8) is 0 Å². The Morgan fingerprint density at radius 2 is 1.36 bits per heavy atom. The molecule has 1 rings (SSSR count). The third-order valence-corrected chi connectivity index (χ3v) is 1.20. The summed E-state index contributed by atoms with van der Waals surface area (Å²) in [6.07, 6.45) is 0. The fraction of sp³-hybridized carbons (Fsp3) is 0.333. The molecule has 0 heterocycles. The molecule has 0 radical (unpaired) electrons. The Bertz CT molecular complexity index is 199. The lowest BCUT2D eigenvalue weighted by atomic mass is 10.2. The lowest BCUT2D eigenvalue weighted by Crippen LogP contribution is -1.85. The van der Waals surface area contributed by atoms with E-state index < -0.39 is 11.6 Å². The van der Waals surface area contributed by atoms with E-state index >= 15 is 0 Å². The summed E-state index contributed by atoms with van der Waals surface area (Å²) in [6.45, 7) is 5.41. The van der Waals surface area contributed by atoms with Crippen molar-refractivity contribution < 1.29 is 8.78 Å². The fourth-order valence-corrected chi connectivity index (χ4v) is 0.581. The summed E-state index contributed by atoms with van der Waals surface area (Å²) in [5.41, 5.74) is 0.0810. The SMILES string of the molecule is CC.Cc1c(F)cccc1F. The van der Waals surface area contributed by atoms with E-state index in [1.165, 1.54) is 25.1 Å². The minimum absolute atomic E-state index is 0.0810. The van der Waals surface area contributed by atoms with Crippen LogP contribution in [0.2, 0.25) is 0 Å². The molecule has 0 amide bonds. The van der Waals surface area contributed by atoms with Gasteiger partial charge in [0.2, 0.25) is 0 Å². The highest BCUT2D eigenvalue weighted by Gasteiger charge is 1.99. The summed E-state index contributed by atoms with van der Waals surface area (Å²) in [5, 5.41) is 0. The lowest BCUT2D eigenvalue weighted by molar-refractivity contribution is 0.568. The van der Waals surface area contributed by atoms with Crippen LogP contribution in [-0.4, -0.2) is 0 Å². The summed E-state index contributed by atoms with van der Waals surface area (Å²) >= 11 is 0. The van der Waals surface area contributed by atoms with Gasteiger partial charge in [-0.3, -0.25) is 0 Å².